The predicted octanol–water partition coefficient (Wildman–Crippen LogP) is 5.17. The van der Waals surface area contributed by atoms with Crippen molar-refractivity contribution < 1.29 is 9.53 Å². The van der Waals surface area contributed by atoms with Crippen molar-refractivity contribution >= 4 is 17.9 Å². The van der Waals surface area contributed by atoms with Gasteiger partial charge in [0.05, 0.1) is 5.69 Å². The van der Waals surface area contributed by atoms with E-state index in [9.17, 15) is 4.79 Å². The van der Waals surface area contributed by atoms with Crippen LogP contribution in [-0.2, 0) is 17.9 Å². The van der Waals surface area contributed by atoms with Crippen LogP contribution in [0.15, 0.2) is 28.1 Å². The second kappa shape index (κ2) is 9.12. The summed E-state index contributed by atoms with van der Waals surface area (Å²) in [7, 11) is 0. The molecule has 6 heteroatoms. The van der Waals surface area contributed by atoms with Gasteiger partial charge in [-0.25, -0.2) is 9.78 Å². The van der Waals surface area contributed by atoms with E-state index in [1.807, 2.05) is 0 Å². The first kappa shape index (κ1) is 20.4. The summed E-state index contributed by atoms with van der Waals surface area (Å²) in [5.41, 5.74) is 8.68. The molecule has 1 heterocycles. The Kier molecular flexibility index (Phi) is 7.14. The molecule has 2 N–H and O–H groups in total. The van der Waals surface area contributed by atoms with Crippen molar-refractivity contribution in [2.75, 3.05) is 0 Å². The van der Waals surface area contributed by atoms with Crippen LogP contribution in [0.2, 0.25) is 0 Å². The van der Waals surface area contributed by atoms with E-state index >= 15 is 0 Å². The Bertz CT molecular complexity index is 748. The number of carbonyl (C=O) groups is 1. The fourth-order valence-corrected chi connectivity index (χ4v) is 4.29. The zero-order valence-electron chi connectivity index (χ0n) is 16.3. The van der Waals surface area contributed by atoms with E-state index in [-0.39, 0.29) is 12.5 Å². The predicted molar refractivity (Wildman–Crippen MR) is 106 cm³/mol. The largest absolute Gasteiger partial charge is 0.442 e. The van der Waals surface area contributed by atoms with Crippen molar-refractivity contribution in [1.82, 2.24) is 9.55 Å². The van der Waals surface area contributed by atoms with Crippen molar-refractivity contribution in [3.05, 3.63) is 40.8 Å². The highest BCUT2D eigenvalue weighted by Gasteiger charge is 2.21. The van der Waals surface area contributed by atoms with Crippen molar-refractivity contribution in [2.45, 2.75) is 76.5 Å². The molecule has 0 bridgehead atoms. The average molecular weight is 376 g/mol. The van der Waals surface area contributed by atoms with Crippen LogP contribution in [0, 0.1) is 13.8 Å². The van der Waals surface area contributed by atoms with Crippen LogP contribution >= 0.6 is 11.8 Å². The third-order valence-electron chi connectivity index (χ3n) is 4.06. The number of benzene rings is 1. The Morgan fingerprint density at radius 3 is 2.46 bits per heavy atom. The number of amides is 1. The summed E-state index contributed by atoms with van der Waals surface area (Å²) in [5, 5.41) is 1.13. The van der Waals surface area contributed by atoms with E-state index in [1.54, 1.807) is 11.8 Å². The molecule has 0 aliphatic carbocycles. The van der Waals surface area contributed by atoms with Gasteiger partial charge in [-0.15, -0.1) is 0 Å². The van der Waals surface area contributed by atoms with E-state index in [1.165, 1.54) is 16.0 Å². The lowest BCUT2D eigenvalue weighted by atomic mass is 10.1. The van der Waals surface area contributed by atoms with Crippen LogP contribution in [0.4, 0.5) is 4.79 Å². The molecular weight excluding hydrogens is 346 g/mol. The standard InChI is InChI=1S/C20H29N3O2S/c1-6-7-8-23-17(12-25-20(21)24)22-18(13(2)3)19(23)26-16-10-14(4)9-15(5)11-16/h9-11,13H,6-8,12H2,1-5H3,(H2,21,24). The summed E-state index contributed by atoms with van der Waals surface area (Å²) >= 11 is 1.73. The van der Waals surface area contributed by atoms with E-state index in [0.29, 0.717) is 0 Å². The summed E-state index contributed by atoms with van der Waals surface area (Å²) in [6.45, 7) is 11.6. The van der Waals surface area contributed by atoms with Crippen molar-refractivity contribution in [3.63, 3.8) is 0 Å². The lowest BCUT2D eigenvalue weighted by Gasteiger charge is -2.13. The minimum Gasteiger partial charge on any atom is -0.442 e. The number of imidazole rings is 1. The zero-order valence-corrected chi connectivity index (χ0v) is 17.2. The van der Waals surface area contributed by atoms with Gasteiger partial charge >= 0.3 is 6.09 Å². The number of carbonyl (C=O) groups excluding carboxylic acids is 1. The van der Waals surface area contributed by atoms with Gasteiger partial charge in [0.2, 0.25) is 0 Å². The van der Waals surface area contributed by atoms with Crippen LogP contribution in [0.3, 0.4) is 0 Å². The molecule has 0 aliphatic rings. The van der Waals surface area contributed by atoms with Crippen LogP contribution in [-0.4, -0.2) is 15.6 Å². The molecule has 1 aromatic carbocycles. The normalized spacial score (nSPS) is 11.2. The van der Waals surface area contributed by atoms with Crippen molar-refractivity contribution in [2.24, 2.45) is 5.73 Å². The Morgan fingerprint density at radius 2 is 1.92 bits per heavy atom. The zero-order chi connectivity index (χ0) is 19.3. The minimum absolute atomic E-state index is 0.103. The molecule has 0 radical (unpaired) electrons. The summed E-state index contributed by atoms with van der Waals surface area (Å²) in [5.74, 6) is 1.03. The summed E-state index contributed by atoms with van der Waals surface area (Å²) in [6, 6.07) is 6.56. The van der Waals surface area contributed by atoms with Crippen LogP contribution < -0.4 is 5.73 Å². The number of ether oxygens (including phenoxy) is 1. The topological polar surface area (TPSA) is 70.1 Å². The molecule has 1 aromatic heterocycles. The first-order valence-corrected chi connectivity index (χ1v) is 9.91. The van der Waals surface area contributed by atoms with Crippen LogP contribution in [0.1, 0.15) is 62.2 Å². The maximum Gasteiger partial charge on any atom is 0.404 e. The molecule has 5 nitrogen and oxygen atoms in total. The SMILES string of the molecule is CCCCn1c(COC(N)=O)nc(C(C)C)c1Sc1cc(C)cc(C)c1. The highest BCUT2D eigenvalue weighted by atomic mass is 32.2. The summed E-state index contributed by atoms with van der Waals surface area (Å²) < 4.78 is 7.22. The van der Waals surface area contributed by atoms with E-state index in [0.717, 1.165) is 35.9 Å². The fraction of sp³-hybridized carbons (Fsp3) is 0.500. The van der Waals surface area contributed by atoms with Gasteiger partial charge in [0.1, 0.15) is 10.9 Å². The highest BCUT2D eigenvalue weighted by Crippen LogP contribution is 2.36. The fourth-order valence-electron chi connectivity index (χ4n) is 2.88. The van der Waals surface area contributed by atoms with E-state index < -0.39 is 6.09 Å². The quantitative estimate of drug-likeness (QED) is 0.691. The van der Waals surface area contributed by atoms with Gasteiger partial charge < -0.3 is 15.0 Å². The number of hydrogen-bond donors (Lipinski definition) is 1. The molecule has 0 saturated carbocycles. The Balaban J connectivity index is 2.46. The molecule has 0 aliphatic heterocycles. The number of nitrogens with two attached hydrogens (primary N) is 1. The van der Waals surface area contributed by atoms with Gasteiger partial charge in [-0.05, 0) is 49.4 Å². The molecule has 0 unspecified atom stereocenters. The van der Waals surface area contributed by atoms with E-state index in [2.05, 4.69) is 57.4 Å². The first-order chi connectivity index (χ1) is 12.3. The first-order valence-electron chi connectivity index (χ1n) is 9.09. The molecular formula is C20H29N3O2S. The monoisotopic (exact) mass is 375 g/mol. The second-order valence-corrected chi connectivity index (χ2v) is 7.97. The molecule has 0 saturated heterocycles. The molecule has 26 heavy (non-hydrogen) atoms. The third-order valence-corrected chi connectivity index (χ3v) is 5.16. The third kappa shape index (κ3) is 5.27. The maximum atomic E-state index is 11.0. The Hall–Kier alpha value is -1.95. The molecule has 0 atom stereocenters. The average Bonchev–Trinajstić information content (AvgIpc) is 2.87. The number of hydrogen-bond acceptors (Lipinski definition) is 4. The highest BCUT2D eigenvalue weighted by molar-refractivity contribution is 7.99. The van der Waals surface area contributed by atoms with Crippen LogP contribution in [0.25, 0.3) is 0 Å². The van der Waals surface area contributed by atoms with Gasteiger partial charge in [0, 0.05) is 11.4 Å². The van der Waals surface area contributed by atoms with Crippen molar-refractivity contribution in [3.8, 4) is 0 Å². The number of aryl methyl sites for hydroxylation is 2. The summed E-state index contributed by atoms with van der Waals surface area (Å²) in [4.78, 5) is 17.0. The number of unbranched alkanes of at least 4 members (excludes halogenated alkanes) is 1. The molecule has 0 fully saturated rings. The number of primary amides is 1. The van der Waals surface area contributed by atoms with E-state index in [4.69, 9.17) is 15.5 Å². The minimum atomic E-state index is -0.773. The van der Waals surface area contributed by atoms with Gasteiger partial charge in [-0.1, -0.05) is 45.0 Å². The molecule has 1 amide bonds. The smallest absolute Gasteiger partial charge is 0.404 e. The van der Waals surface area contributed by atoms with Crippen LogP contribution in [0.5, 0.6) is 0 Å². The van der Waals surface area contributed by atoms with Crippen molar-refractivity contribution in [1.29, 1.82) is 0 Å². The molecule has 0 spiro atoms. The molecule has 2 aromatic rings. The Labute approximate surface area is 160 Å². The number of rotatable bonds is 8. The molecule has 142 valence electrons. The lowest BCUT2D eigenvalue weighted by Crippen LogP contribution is -2.15. The number of aromatic nitrogens is 2. The molecule has 2 rings (SSSR count). The van der Waals surface area contributed by atoms with Gasteiger partial charge in [0.15, 0.2) is 6.61 Å². The van der Waals surface area contributed by atoms with Gasteiger partial charge in [-0.2, -0.15) is 0 Å². The van der Waals surface area contributed by atoms with Gasteiger partial charge in [-0.3, -0.25) is 0 Å². The maximum absolute atomic E-state index is 11.0. The second-order valence-electron chi connectivity index (χ2n) is 6.91. The lowest BCUT2D eigenvalue weighted by molar-refractivity contribution is 0.145. The van der Waals surface area contributed by atoms with Gasteiger partial charge in [0.25, 0.3) is 0 Å². The Morgan fingerprint density at radius 1 is 1.27 bits per heavy atom. The number of nitrogens with zero attached hydrogens (tertiary/aromatic N) is 2. The summed E-state index contributed by atoms with van der Waals surface area (Å²) in [6.07, 6.45) is 1.35.